The van der Waals surface area contributed by atoms with Gasteiger partial charge in [0.15, 0.2) is 0 Å². The Morgan fingerprint density at radius 1 is 1.15 bits per heavy atom. The Hall–Kier alpha value is -1.23. The van der Waals surface area contributed by atoms with E-state index < -0.39 is 0 Å². The van der Waals surface area contributed by atoms with Gasteiger partial charge in [-0.3, -0.25) is 0 Å². The van der Waals surface area contributed by atoms with Gasteiger partial charge in [0.05, 0.1) is 12.7 Å². The fourth-order valence-corrected chi connectivity index (χ4v) is 2.40. The molecular weight excluding hydrogens is 321 g/mol. The third-order valence-electron chi connectivity index (χ3n) is 3.05. The molecule has 0 spiro atoms. The van der Waals surface area contributed by atoms with Crippen molar-refractivity contribution in [3.8, 4) is 0 Å². The molecule has 0 aromatic heterocycles. The standard InChI is InChI=1S/C16H17BrFNO/c1-11(19)16(12-6-8-14(18)9-7-12)20-10-13-4-2-3-5-15(13)17/h2-9,11,16H,10,19H2,1H3. The molecule has 0 saturated heterocycles. The Morgan fingerprint density at radius 2 is 1.80 bits per heavy atom. The van der Waals surface area contributed by atoms with Crippen LogP contribution < -0.4 is 5.73 Å². The van der Waals surface area contributed by atoms with Gasteiger partial charge in [0.2, 0.25) is 0 Å². The van der Waals surface area contributed by atoms with Crippen LogP contribution in [0, 0.1) is 5.82 Å². The first-order chi connectivity index (χ1) is 9.58. The van der Waals surface area contributed by atoms with E-state index in [2.05, 4.69) is 15.9 Å². The molecule has 0 aliphatic heterocycles. The smallest absolute Gasteiger partial charge is 0.123 e. The lowest BCUT2D eigenvalue weighted by Crippen LogP contribution is -2.27. The van der Waals surface area contributed by atoms with E-state index in [0.29, 0.717) is 6.61 Å². The molecule has 0 fully saturated rings. The van der Waals surface area contributed by atoms with Crippen LogP contribution in [-0.2, 0) is 11.3 Å². The molecule has 2 unspecified atom stereocenters. The maximum atomic E-state index is 13.0. The largest absolute Gasteiger partial charge is 0.367 e. The lowest BCUT2D eigenvalue weighted by atomic mass is 10.0. The van der Waals surface area contributed by atoms with E-state index in [4.69, 9.17) is 10.5 Å². The molecule has 2 N–H and O–H groups in total. The lowest BCUT2D eigenvalue weighted by Gasteiger charge is -2.22. The zero-order valence-corrected chi connectivity index (χ0v) is 12.8. The number of nitrogens with two attached hydrogens (primary N) is 1. The zero-order chi connectivity index (χ0) is 14.5. The van der Waals surface area contributed by atoms with Crippen LogP contribution >= 0.6 is 15.9 Å². The van der Waals surface area contributed by atoms with Crippen LogP contribution in [0.2, 0.25) is 0 Å². The Labute approximate surface area is 126 Å². The molecule has 2 aromatic rings. The van der Waals surface area contributed by atoms with Crippen LogP contribution in [0.1, 0.15) is 24.2 Å². The topological polar surface area (TPSA) is 35.2 Å². The summed E-state index contributed by atoms with van der Waals surface area (Å²) in [5.74, 6) is -0.261. The number of halogens is 2. The van der Waals surface area contributed by atoms with Crippen molar-refractivity contribution in [1.82, 2.24) is 0 Å². The molecule has 0 saturated carbocycles. The van der Waals surface area contributed by atoms with Gasteiger partial charge < -0.3 is 10.5 Å². The maximum Gasteiger partial charge on any atom is 0.123 e. The van der Waals surface area contributed by atoms with E-state index in [1.165, 1.54) is 12.1 Å². The minimum Gasteiger partial charge on any atom is -0.367 e. The number of hydrogen-bond donors (Lipinski definition) is 1. The van der Waals surface area contributed by atoms with Gasteiger partial charge in [-0.1, -0.05) is 46.3 Å². The van der Waals surface area contributed by atoms with E-state index in [1.807, 2.05) is 31.2 Å². The second kappa shape index (κ2) is 6.97. The lowest BCUT2D eigenvalue weighted by molar-refractivity contribution is 0.0256. The van der Waals surface area contributed by atoms with Crippen LogP contribution in [0.15, 0.2) is 53.0 Å². The summed E-state index contributed by atoms with van der Waals surface area (Å²) >= 11 is 3.49. The van der Waals surface area contributed by atoms with Gasteiger partial charge in [-0.2, -0.15) is 0 Å². The molecule has 0 aliphatic carbocycles. The highest BCUT2D eigenvalue weighted by molar-refractivity contribution is 9.10. The number of rotatable bonds is 5. The van der Waals surface area contributed by atoms with E-state index >= 15 is 0 Å². The molecule has 0 amide bonds. The monoisotopic (exact) mass is 337 g/mol. The van der Waals surface area contributed by atoms with Crippen molar-refractivity contribution in [2.45, 2.75) is 25.7 Å². The average molecular weight is 338 g/mol. The Balaban J connectivity index is 2.11. The molecule has 106 valence electrons. The summed E-state index contributed by atoms with van der Waals surface area (Å²) in [7, 11) is 0. The van der Waals surface area contributed by atoms with Crippen molar-refractivity contribution < 1.29 is 9.13 Å². The quantitative estimate of drug-likeness (QED) is 0.887. The molecule has 0 aliphatic rings. The maximum absolute atomic E-state index is 13.0. The number of benzene rings is 2. The van der Waals surface area contributed by atoms with Crippen LogP contribution in [-0.4, -0.2) is 6.04 Å². The summed E-state index contributed by atoms with van der Waals surface area (Å²) in [6.45, 7) is 2.33. The molecular formula is C16H17BrFNO. The van der Waals surface area contributed by atoms with Crippen molar-refractivity contribution in [2.24, 2.45) is 5.73 Å². The van der Waals surface area contributed by atoms with E-state index in [1.54, 1.807) is 12.1 Å². The number of hydrogen-bond acceptors (Lipinski definition) is 2. The highest BCUT2D eigenvalue weighted by Gasteiger charge is 2.17. The normalized spacial score (nSPS) is 14.0. The fraction of sp³-hybridized carbons (Fsp3) is 0.250. The van der Waals surface area contributed by atoms with Gasteiger partial charge in [-0.25, -0.2) is 4.39 Å². The Bertz CT molecular complexity index is 557. The predicted molar refractivity (Wildman–Crippen MR) is 81.7 cm³/mol. The minimum atomic E-state index is -0.261. The highest BCUT2D eigenvalue weighted by Crippen LogP contribution is 2.24. The van der Waals surface area contributed by atoms with Gasteiger partial charge >= 0.3 is 0 Å². The van der Waals surface area contributed by atoms with Crippen molar-refractivity contribution in [3.05, 3.63) is 69.9 Å². The molecule has 2 aromatic carbocycles. The van der Waals surface area contributed by atoms with Gasteiger partial charge in [0.25, 0.3) is 0 Å². The average Bonchev–Trinajstić information content (AvgIpc) is 2.42. The summed E-state index contributed by atoms with van der Waals surface area (Å²) in [4.78, 5) is 0. The molecule has 2 rings (SSSR count). The first-order valence-corrected chi connectivity index (χ1v) is 7.23. The molecule has 4 heteroatoms. The molecule has 0 bridgehead atoms. The summed E-state index contributed by atoms with van der Waals surface area (Å²) in [6.07, 6.45) is -0.261. The first-order valence-electron chi connectivity index (χ1n) is 6.44. The van der Waals surface area contributed by atoms with Gasteiger partial charge in [0.1, 0.15) is 5.82 Å². The van der Waals surface area contributed by atoms with Gasteiger partial charge in [0, 0.05) is 10.5 Å². The molecule has 2 nitrogen and oxygen atoms in total. The molecule has 0 radical (unpaired) electrons. The van der Waals surface area contributed by atoms with Crippen molar-refractivity contribution in [2.75, 3.05) is 0 Å². The number of ether oxygens (including phenoxy) is 1. The second-order valence-electron chi connectivity index (χ2n) is 4.73. The first kappa shape index (κ1) is 15.2. The predicted octanol–water partition coefficient (Wildman–Crippen LogP) is 4.19. The van der Waals surface area contributed by atoms with Crippen molar-refractivity contribution in [3.63, 3.8) is 0 Å². The summed E-state index contributed by atoms with van der Waals surface area (Å²) in [5, 5.41) is 0. The Morgan fingerprint density at radius 3 is 2.40 bits per heavy atom. The van der Waals surface area contributed by atoms with E-state index in [-0.39, 0.29) is 18.0 Å². The molecule has 2 atom stereocenters. The zero-order valence-electron chi connectivity index (χ0n) is 11.2. The van der Waals surface area contributed by atoms with Crippen molar-refractivity contribution >= 4 is 15.9 Å². The fourth-order valence-electron chi connectivity index (χ4n) is 2.00. The minimum absolute atomic E-state index is 0.178. The van der Waals surface area contributed by atoms with Crippen LogP contribution in [0.5, 0.6) is 0 Å². The third-order valence-corrected chi connectivity index (χ3v) is 3.83. The van der Waals surface area contributed by atoms with Gasteiger partial charge in [-0.05, 0) is 36.2 Å². The van der Waals surface area contributed by atoms with Crippen molar-refractivity contribution in [1.29, 1.82) is 0 Å². The molecule has 0 heterocycles. The van der Waals surface area contributed by atoms with E-state index in [9.17, 15) is 4.39 Å². The van der Waals surface area contributed by atoms with Crippen LogP contribution in [0.3, 0.4) is 0 Å². The van der Waals surface area contributed by atoms with Crippen LogP contribution in [0.4, 0.5) is 4.39 Å². The van der Waals surface area contributed by atoms with Crippen LogP contribution in [0.25, 0.3) is 0 Å². The SMILES string of the molecule is CC(N)C(OCc1ccccc1Br)c1ccc(F)cc1. The summed E-state index contributed by atoms with van der Waals surface area (Å²) < 4.78 is 19.9. The highest BCUT2D eigenvalue weighted by atomic mass is 79.9. The summed E-state index contributed by atoms with van der Waals surface area (Å²) in [5.41, 5.74) is 7.92. The molecule has 20 heavy (non-hydrogen) atoms. The van der Waals surface area contributed by atoms with E-state index in [0.717, 1.165) is 15.6 Å². The Kier molecular flexibility index (Phi) is 5.29. The third kappa shape index (κ3) is 3.88. The van der Waals surface area contributed by atoms with Gasteiger partial charge in [-0.15, -0.1) is 0 Å². The summed E-state index contributed by atoms with van der Waals surface area (Å²) in [6, 6.07) is 14.0. The second-order valence-corrected chi connectivity index (χ2v) is 5.59.